The van der Waals surface area contributed by atoms with E-state index >= 15 is 0 Å². The van der Waals surface area contributed by atoms with Crippen LogP contribution in [0.1, 0.15) is 49.0 Å². The van der Waals surface area contributed by atoms with Crippen molar-refractivity contribution >= 4 is 29.1 Å². The Kier molecular flexibility index (Phi) is 8.34. The Bertz CT molecular complexity index is 643. The minimum atomic E-state index is -0.877. The summed E-state index contributed by atoms with van der Waals surface area (Å²) >= 11 is 5.20. The van der Waals surface area contributed by atoms with Crippen LogP contribution in [0.2, 0.25) is 0 Å². The van der Waals surface area contributed by atoms with Crippen LogP contribution in [-0.2, 0) is 11.2 Å². The molecule has 0 amide bonds. The SMILES string of the molecule is CCCc1c(OC(=S)N(C)C)ccc(C(C)=O)c1OCCCC(=O)O. The highest BCUT2D eigenvalue weighted by molar-refractivity contribution is 7.80. The second-order valence-corrected chi connectivity index (χ2v) is 6.18. The number of hydrogen-bond acceptors (Lipinski definition) is 5. The topological polar surface area (TPSA) is 76.1 Å². The summed E-state index contributed by atoms with van der Waals surface area (Å²) in [5.41, 5.74) is 1.23. The minimum absolute atomic E-state index is 0.0133. The van der Waals surface area contributed by atoms with E-state index in [4.69, 9.17) is 26.8 Å². The molecule has 0 fully saturated rings. The Morgan fingerprint density at radius 3 is 2.48 bits per heavy atom. The van der Waals surface area contributed by atoms with Crippen molar-refractivity contribution in [1.29, 1.82) is 0 Å². The summed E-state index contributed by atoms with van der Waals surface area (Å²) in [6, 6.07) is 3.38. The molecule has 1 N–H and O–H groups in total. The van der Waals surface area contributed by atoms with Crippen molar-refractivity contribution in [1.82, 2.24) is 4.90 Å². The van der Waals surface area contributed by atoms with Crippen LogP contribution >= 0.6 is 12.2 Å². The van der Waals surface area contributed by atoms with Crippen molar-refractivity contribution in [3.8, 4) is 11.5 Å². The lowest BCUT2D eigenvalue weighted by molar-refractivity contribution is -0.137. The molecule has 6 nitrogen and oxygen atoms in total. The highest BCUT2D eigenvalue weighted by Crippen LogP contribution is 2.34. The second kappa shape index (κ2) is 9.98. The van der Waals surface area contributed by atoms with E-state index in [-0.39, 0.29) is 18.8 Å². The maximum atomic E-state index is 12.0. The fourth-order valence-electron chi connectivity index (χ4n) is 2.22. The van der Waals surface area contributed by atoms with Crippen LogP contribution in [0.15, 0.2) is 12.1 Å². The predicted octanol–water partition coefficient (Wildman–Crippen LogP) is 3.31. The van der Waals surface area contributed by atoms with E-state index in [1.54, 1.807) is 31.1 Å². The summed E-state index contributed by atoms with van der Waals surface area (Å²) in [6.07, 6.45) is 1.86. The summed E-state index contributed by atoms with van der Waals surface area (Å²) in [5, 5.41) is 9.05. The quantitative estimate of drug-likeness (QED) is 0.408. The largest absolute Gasteiger partial charge is 0.492 e. The van der Waals surface area contributed by atoms with Gasteiger partial charge >= 0.3 is 5.97 Å². The fraction of sp³-hybridized carbons (Fsp3) is 0.500. The maximum absolute atomic E-state index is 12.0. The van der Waals surface area contributed by atoms with Crippen LogP contribution in [0.3, 0.4) is 0 Å². The number of thiocarbonyl (C=S) groups is 1. The minimum Gasteiger partial charge on any atom is -0.492 e. The van der Waals surface area contributed by atoms with Gasteiger partial charge in [-0.2, -0.15) is 0 Å². The summed E-state index contributed by atoms with van der Waals surface area (Å²) in [7, 11) is 3.57. The first kappa shape index (κ1) is 20.9. The van der Waals surface area contributed by atoms with Gasteiger partial charge in [0.25, 0.3) is 5.17 Å². The molecule has 0 aliphatic heterocycles. The monoisotopic (exact) mass is 367 g/mol. The second-order valence-electron chi connectivity index (χ2n) is 5.83. The zero-order chi connectivity index (χ0) is 19.0. The molecule has 0 saturated heterocycles. The number of benzene rings is 1. The Morgan fingerprint density at radius 1 is 1.28 bits per heavy atom. The van der Waals surface area contributed by atoms with E-state index in [0.717, 1.165) is 12.0 Å². The van der Waals surface area contributed by atoms with E-state index in [9.17, 15) is 9.59 Å². The number of carbonyl (C=O) groups excluding carboxylic acids is 1. The molecule has 0 unspecified atom stereocenters. The number of hydrogen-bond donors (Lipinski definition) is 1. The lowest BCUT2D eigenvalue weighted by Gasteiger charge is -2.20. The van der Waals surface area contributed by atoms with E-state index in [0.29, 0.717) is 35.1 Å². The van der Waals surface area contributed by atoms with Gasteiger partial charge in [-0.25, -0.2) is 0 Å². The van der Waals surface area contributed by atoms with Crippen molar-refractivity contribution in [2.75, 3.05) is 20.7 Å². The lowest BCUT2D eigenvalue weighted by Crippen LogP contribution is -2.25. The lowest BCUT2D eigenvalue weighted by atomic mass is 10.0. The molecular formula is C18H25NO5S. The van der Waals surface area contributed by atoms with Crippen molar-refractivity contribution in [2.45, 2.75) is 39.5 Å². The van der Waals surface area contributed by atoms with Crippen LogP contribution in [0, 0.1) is 0 Å². The van der Waals surface area contributed by atoms with Gasteiger partial charge in [0.1, 0.15) is 11.5 Å². The van der Waals surface area contributed by atoms with E-state index in [2.05, 4.69) is 0 Å². The Balaban J connectivity index is 3.18. The van der Waals surface area contributed by atoms with Gasteiger partial charge in [0, 0.05) is 26.1 Å². The Hall–Kier alpha value is -2.15. The number of ether oxygens (including phenoxy) is 2. The molecule has 0 saturated carbocycles. The molecule has 0 radical (unpaired) electrons. The predicted molar refractivity (Wildman–Crippen MR) is 99.7 cm³/mol. The molecule has 0 heterocycles. The summed E-state index contributed by atoms with van der Waals surface area (Å²) in [6.45, 7) is 3.70. The standard InChI is InChI=1S/C18H25NO5S/c1-5-7-14-15(24-18(25)19(3)4)10-9-13(12(2)20)17(14)23-11-6-8-16(21)22/h9-10H,5-8,11H2,1-4H3,(H,21,22). The first-order valence-corrected chi connectivity index (χ1v) is 8.59. The average Bonchev–Trinajstić information content (AvgIpc) is 2.53. The van der Waals surface area contributed by atoms with Crippen molar-refractivity contribution in [3.05, 3.63) is 23.3 Å². The number of carboxylic acid groups (broad SMARTS) is 1. The number of rotatable bonds is 9. The molecule has 0 spiro atoms. The molecule has 1 aromatic rings. The molecular weight excluding hydrogens is 342 g/mol. The first-order chi connectivity index (χ1) is 11.8. The van der Waals surface area contributed by atoms with E-state index in [1.165, 1.54) is 6.92 Å². The van der Waals surface area contributed by atoms with E-state index in [1.807, 2.05) is 6.92 Å². The molecule has 1 rings (SSSR count). The zero-order valence-corrected chi connectivity index (χ0v) is 15.9. The van der Waals surface area contributed by atoms with Crippen molar-refractivity contribution < 1.29 is 24.2 Å². The highest BCUT2D eigenvalue weighted by atomic mass is 32.1. The van der Waals surface area contributed by atoms with Crippen LogP contribution < -0.4 is 9.47 Å². The molecule has 7 heteroatoms. The Labute approximate surface area is 153 Å². The molecule has 1 aromatic carbocycles. The molecule has 0 atom stereocenters. The third kappa shape index (κ3) is 6.34. The normalized spacial score (nSPS) is 10.2. The molecule has 0 aliphatic carbocycles. The van der Waals surface area contributed by atoms with Crippen LogP contribution in [0.25, 0.3) is 0 Å². The fourth-order valence-corrected chi connectivity index (χ4v) is 2.31. The third-order valence-electron chi connectivity index (χ3n) is 3.44. The average molecular weight is 367 g/mol. The van der Waals surface area contributed by atoms with Gasteiger partial charge in [0.2, 0.25) is 0 Å². The van der Waals surface area contributed by atoms with Crippen molar-refractivity contribution in [2.24, 2.45) is 0 Å². The van der Waals surface area contributed by atoms with E-state index < -0.39 is 5.97 Å². The summed E-state index contributed by atoms with van der Waals surface area (Å²) in [4.78, 5) is 24.3. The smallest absolute Gasteiger partial charge is 0.303 e. The first-order valence-electron chi connectivity index (χ1n) is 8.18. The molecule has 0 aliphatic rings. The van der Waals surface area contributed by atoms with Gasteiger partial charge in [-0.05, 0) is 44.1 Å². The number of ketones is 1. The van der Waals surface area contributed by atoms with Gasteiger partial charge < -0.3 is 19.5 Å². The van der Waals surface area contributed by atoms with Gasteiger partial charge in [-0.3, -0.25) is 9.59 Å². The summed E-state index contributed by atoms with van der Waals surface area (Å²) < 4.78 is 11.5. The van der Waals surface area contributed by atoms with Crippen molar-refractivity contribution in [3.63, 3.8) is 0 Å². The maximum Gasteiger partial charge on any atom is 0.303 e. The third-order valence-corrected chi connectivity index (χ3v) is 3.89. The van der Waals surface area contributed by atoms with Crippen LogP contribution in [0.5, 0.6) is 11.5 Å². The van der Waals surface area contributed by atoms with Gasteiger partial charge in [0.15, 0.2) is 5.78 Å². The number of carbonyl (C=O) groups is 2. The molecule has 138 valence electrons. The number of aliphatic carboxylic acids is 1. The van der Waals surface area contributed by atoms with Gasteiger partial charge in [0.05, 0.1) is 12.2 Å². The summed E-state index contributed by atoms with van der Waals surface area (Å²) in [5.74, 6) is 0.0162. The number of carboxylic acids is 1. The Morgan fingerprint density at radius 2 is 1.96 bits per heavy atom. The highest BCUT2D eigenvalue weighted by Gasteiger charge is 2.19. The number of nitrogens with zero attached hydrogens (tertiary/aromatic N) is 1. The van der Waals surface area contributed by atoms with Gasteiger partial charge in [-0.15, -0.1) is 0 Å². The molecule has 0 bridgehead atoms. The van der Waals surface area contributed by atoms with Gasteiger partial charge in [-0.1, -0.05) is 13.3 Å². The molecule has 0 aromatic heterocycles. The zero-order valence-electron chi connectivity index (χ0n) is 15.1. The van der Waals surface area contributed by atoms with Crippen LogP contribution in [-0.4, -0.2) is 47.6 Å². The number of Topliss-reactive ketones (excluding diaryl/α,β-unsaturated/α-hetero) is 1. The molecule has 25 heavy (non-hydrogen) atoms. The van der Waals surface area contributed by atoms with Crippen LogP contribution in [0.4, 0.5) is 0 Å².